The van der Waals surface area contributed by atoms with Gasteiger partial charge < -0.3 is 5.32 Å². The Labute approximate surface area is 221 Å². The SMILES string of the molecule is CC(=O)[N+]12CCC(CC1)c1nn(CC(=O)NCCn3ncnn3)c3cccc(c13)-c1cc3c(cnn32)cc1F. The molecule has 6 heterocycles. The number of fused-ring (bicyclic) bond motifs is 2. The van der Waals surface area contributed by atoms with Crippen LogP contribution in [0.25, 0.3) is 32.9 Å². The van der Waals surface area contributed by atoms with Gasteiger partial charge in [0.25, 0.3) is 0 Å². The van der Waals surface area contributed by atoms with Crippen molar-refractivity contribution in [2.75, 3.05) is 19.6 Å². The van der Waals surface area contributed by atoms with Crippen LogP contribution in [0.15, 0.2) is 42.9 Å². The van der Waals surface area contributed by atoms with Gasteiger partial charge in [-0.3, -0.25) is 9.48 Å². The van der Waals surface area contributed by atoms with Crippen LogP contribution < -0.4 is 9.91 Å². The highest BCUT2D eigenvalue weighted by atomic mass is 19.1. The van der Waals surface area contributed by atoms with Gasteiger partial charge in [0.2, 0.25) is 5.91 Å². The van der Waals surface area contributed by atoms with E-state index in [-0.39, 0.29) is 34.7 Å². The molecule has 2 amide bonds. The summed E-state index contributed by atoms with van der Waals surface area (Å²) in [4.78, 5) is 29.1. The highest BCUT2D eigenvalue weighted by Gasteiger charge is 2.44. The number of carbonyl (C=O) groups excluding carboxylic acids is 2. The van der Waals surface area contributed by atoms with Gasteiger partial charge in [-0.1, -0.05) is 16.9 Å². The molecular formula is C26H26FN10O2+. The Kier molecular flexibility index (Phi) is 5.30. The molecule has 3 aliphatic heterocycles. The maximum Gasteiger partial charge on any atom is 0.336 e. The first-order valence-electron chi connectivity index (χ1n) is 13.0. The molecule has 0 saturated carbocycles. The van der Waals surface area contributed by atoms with Crippen LogP contribution in [0.5, 0.6) is 0 Å². The minimum absolute atomic E-state index is 0.00507. The van der Waals surface area contributed by atoms with Crippen LogP contribution in [-0.4, -0.2) is 71.3 Å². The molecular weight excluding hydrogens is 503 g/mol. The maximum absolute atomic E-state index is 15.6. The van der Waals surface area contributed by atoms with E-state index < -0.39 is 0 Å². The van der Waals surface area contributed by atoms with Crippen molar-refractivity contribution in [1.82, 2.24) is 49.8 Å². The fraction of sp³-hybridized carbons (Fsp3) is 0.346. The number of tetrazole rings is 1. The lowest BCUT2D eigenvalue weighted by Gasteiger charge is -2.39. The number of amides is 2. The van der Waals surface area contributed by atoms with E-state index in [1.165, 1.54) is 17.2 Å². The highest BCUT2D eigenvalue weighted by molar-refractivity contribution is 6.00. The molecule has 0 aliphatic carbocycles. The summed E-state index contributed by atoms with van der Waals surface area (Å²) in [6.45, 7) is 3.46. The molecule has 39 heavy (non-hydrogen) atoms. The van der Waals surface area contributed by atoms with Crippen LogP contribution in [0.4, 0.5) is 4.39 Å². The normalized spacial score (nSPS) is 20.0. The zero-order valence-corrected chi connectivity index (χ0v) is 21.3. The Morgan fingerprint density at radius 2 is 1.97 bits per heavy atom. The first-order valence-corrected chi connectivity index (χ1v) is 13.0. The Hall–Kier alpha value is -4.52. The number of piperidine rings is 1. The third kappa shape index (κ3) is 3.64. The molecule has 0 spiro atoms. The Morgan fingerprint density at radius 1 is 1.13 bits per heavy atom. The molecule has 2 aromatic carbocycles. The van der Waals surface area contributed by atoms with Crippen molar-refractivity contribution >= 4 is 33.6 Å². The third-order valence-corrected chi connectivity index (χ3v) is 8.08. The fourth-order valence-corrected chi connectivity index (χ4v) is 6.12. The maximum atomic E-state index is 15.6. The molecule has 3 aromatic heterocycles. The molecule has 1 N–H and O–H groups in total. The summed E-state index contributed by atoms with van der Waals surface area (Å²) in [5, 5.41) is 25.3. The number of hydrogen-bond acceptors (Lipinski definition) is 7. The molecule has 1 saturated heterocycles. The lowest BCUT2D eigenvalue weighted by atomic mass is 9.88. The van der Waals surface area contributed by atoms with Crippen molar-refractivity contribution in [1.29, 1.82) is 0 Å². The topological polar surface area (TPSA) is 125 Å². The molecule has 1 fully saturated rings. The molecule has 5 aromatic rings. The Balaban J connectivity index is 1.34. The summed E-state index contributed by atoms with van der Waals surface area (Å²) in [5.74, 6) is -0.532. The van der Waals surface area contributed by atoms with Crippen molar-refractivity contribution < 1.29 is 14.0 Å². The van der Waals surface area contributed by atoms with Gasteiger partial charge >= 0.3 is 5.91 Å². The summed E-state index contributed by atoms with van der Waals surface area (Å²) >= 11 is 0. The second kappa shape index (κ2) is 8.76. The zero-order chi connectivity index (χ0) is 26.7. The molecule has 0 unspecified atom stereocenters. The van der Waals surface area contributed by atoms with E-state index in [9.17, 15) is 9.59 Å². The summed E-state index contributed by atoms with van der Waals surface area (Å²) < 4.78 is 17.4. The van der Waals surface area contributed by atoms with Gasteiger partial charge in [0.05, 0.1) is 30.9 Å². The second-order valence-electron chi connectivity index (χ2n) is 10.2. The van der Waals surface area contributed by atoms with Gasteiger partial charge in [0, 0.05) is 41.6 Å². The average molecular weight is 530 g/mol. The van der Waals surface area contributed by atoms with E-state index >= 15 is 4.39 Å². The number of quaternary nitrogens is 1. The molecule has 0 radical (unpaired) electrons. The lowest BCUT2D eigenvalue weighted by molar-refractivity contribution is -0.137. The van der Waals surface area contributed by atoms with Crippen LogP contribution in [0, 0.1) is 5.82 Å². The van der Waals surface area contributed by atoms with Gasteiger partial charge in [0.1, 0.15) is 31.0 Å². The van der Waals surface area contributed by atoms with Crippen LogP contribution in [0.3, 0.4) is 0 Å². The molecule has 8 rings (SSSR count). The number of nitrogens with zero attached hydrogens (tertiary/aromatic N) is 9. The highest BCUT2D eigenvalue weighted by Crippen LogP contribution is 2.42. The average Bonchev–Trinajstić information content (AvgIpc) is 3.67. The van der Waals surface area contributed by atoms with E-state index in [4.69, 9.17) is 5.10 Å². The molecule has 4 bridgehead atoms. The van der Waals surface area contributed by atoms with E-state index in [0.717, 1.165) is 16.6 Å². The van der Waals surface area contributed by atoms with Gasteiger partial charge in [-0.2, -0.15) is 9.90 Å². The first kappa shape index (κ1) is 23.6. The van der Waals surface area contributed by atoms with Crippen molar-refractivity contribution in [3.63, 3.8) is 0 Å². The number of rotatable bonds is 5. The molecule has 198 valence electrons. The second-order valence-corrected chi connectivity index (χ2v) is 10.2. The summed E-state index contributed by atoms with van der Waals surface area (Å²) in [6.07, 6.45) is 4.38. The lowest BCUT2D eigenvalue weighted by Crippen LogP contribution is -2.65. The van der Waals surface area contributed by atoms with E-state index in [0.29, 0.717) is 61.1 Å². The Morgan fingerprint density at radius 3 is 2.74 bits per heavy atom. The smallest absolute Gasteiger partial charge is 0.336 e. The van der Waals surface area contributed by atoms with Crippen LogP contribution in [0.1, 0.15) is 31.4 Å². The van der Waals surface area contributed by atoms with Crippen molar-refractivity contribution in [3.8, 4) is 11.1 Å². The van der Waals surface area contributed by atoms with E-state index in [1.807, 2.05) is 18.2 Å². The molecule has 12 nitrogen and oxygen atoms in total. The van der Waals surface area contributed by atoms with Crippen LogP contribution in [-0.2, 0) is 22.7 Å². The number of hydrogen-bond donors (Lipinski definition) is 1. The quantitative estimate of drug-likeness (QED) is 0.345. The van der Waals surface area contributed by atoms with Crippen LogP contribution in [0.2, 0.25) is 0 Å². The zero-order valence-electron chi connectivity index (χ0n) is 21.3. The molecule has 3 aliphatic rings. The summed E-state index contributed by atoms with van der Waals surface area (Å²) in [5.41, 5.74) is 3.45. The fourth-order valence-electron chi connectivity index (χ4n) is 6.12. The third-order valence-electron chi connectivity index (χ3n) is 8.08. The van der Waals surface area contributed by atoms with Crippen molar-refractivity contribution in [2.45, 2.75) is 38.8 Å². The number of carbonyl (C=O) groups is 2. The predicted molar refractivity (Wildman–Crippen MR) is 139 cm³/mol. The summed E-state index contributed by atoms with van der Waals surface area (Å²) in [7, 11) is 0. The van der Waals surface area contributed by atoms with Crippen molar-refractivity contribution in [3.05, 3.63) is 54.4 Å². The van der Waals surface area contributed by atoms with Crippen LogP contribution >= 0.6 is 0 Å². The minimum Gasteiger partial charge on any atom is -0.353 e. The van der Waals surface area contributed by atoms with Gasteiger partial charge in [-0.25, -0.2) is 9.18 Å². The number of nitrogens with one attached hydrogen (secondary N) is 1. The van der Waals surface area contributed by atoms with Gasteiger partial charge in [0.15, 0.2) is 6.33 Å². The van der Waals surface area contributed by atoms with Crippen molar-refractivity contribution in [2.24, 2.45) is 0 Å². The standard InChI is InChI=1S/C26H25FN10O2/c1-16(38)37-9-5-17(6-10-37)26-25-19(20-12-23-18(11-21(20)27)13-30-36(23)37)3-2-4-22(25)34(32-26)14-24(39)28-7-8-35-31-15-29-33-35/h2-4,11-13,15,17H,5-10,14H2,1H3/p+1. The Bertz CT molecular complexity index is 1750. The molecule has 13 heteroatoms. The molecule has 0 atom stereocenters. The first-order chi connectivity index (χ1) is 18.9. The van der Waals surface area contributed by atoms with Gasteiger partial charge in [-0.05, 0) is 29.0 Å². The largest absolute Gasteiger partial charge is 0.353 e. The van der Waals surface area contributed by atoms with E-state index in [1.54, 1.807) is 28.7 Å². The van der Waals surface area contributed by atoms with Gasteiger partial charge in [-0.15, -0.1) is 19.9 Å². The van der Waals surface area contributed by atoms with E-state index in [2.05, 4.69) is 25.8 Å². The summed E-state index contributed by atoms with van der Waals surface area (Å²) in [6, 6.07) is 8.95. The minimum atomic E-state index is -0.372. The number of benzene rings is 2. The monoisotopic (exact) mass is 529 g/mol. The predicted octanol–water partition coefficient (Wildman–Crippen LogP) is 1.87. The number of halogens is 1. The number of aromatic nitrogens is 8.